The van der Waals surface area contributed by atoms with E-state index in [0.717, 1.165) is 43.0 Å². The van der Waals surface area contributed by atoms with Gasteiger partial charge in [-0.1, -0.05) is 6.07 Å². The van der Waals surface area contributed by atoms with Gasteiger partial charge in [0.15, 0.2) is 5.82 Å². The van der Waals surface area contributed by atoms with Gasteiger partial charge < -0.3 is 20.3 Å². The van der Waals surface area contributed by atoms with Crippen molar-refractivity contribution in [1.29, 1.82) is 0 Å². The van der Waals surface area contributed by atoms with E-state index in [0.29, 0.717) is 12.4 Å². The van der Waals surface area contributed by atoms with Crippen LogP contribution < -0.4 is 20.3 Å². The molecule has 0 radical (unpaired) electrons. The fourth-order valence-electron chi connectivity index (χ4n) is 2.76. The van der Waals surface area contributed by atoms with Gasteiger partial charge >= 0.3 is 6.03 Å². The first-order valence-electron chi connectivity index (χ1n) is 8.00. The zero-order chi connectivity index (χ0) is 16.8. The number of pyridine rings is 2. The molecule has 0 bridgehead atoms. The molecule has 2 amide bonds. The third-order valence-corrected chi connectivity index (χ3v) is 3.92. The van der Waals surface area contributed by atoms with Crippen molar-refractivity contribution in [1.82, 2.24) is 15.3 Å². The Morgan fingerprint density at radius 2 is 1.96 bits per heavy atom. The summed E-state index contributed by atoms with van der Waals surface area (Å²) in [6.07, 6.45) is 5.71. The number of rotatable bonds is 5. The Hall–Kier alpha value is -2.83. The maximum Gasteiger partial charge on any atom is 0.319 e. The standard InChI is InChI=1S/C17H21N5O2/c1-24-16-13(6-4-9-19-16)12-20-17(23)21-14-7-5-8-18-15(14)22-10-2-3-11-22/h4-9H,2-3,10-12H2,1H3,(H2,20,21,23). The van der Waals surface area contributed by atoms with Gasteiger partial charge in [-0.25, -0.2) is 14.8 Å². The Morgan fingerprint density at radius 1 is 1.21 bits per heavy atom. The van der Waals surface area contributed by atoms with Crippen LogP contribution in [0.1, 0.15) is 18.4 Å². The van der Waals surface area contributed by atoms with Gasteiger partial charge in [0.05, 0.1) is 12.8 Å². The largest absolute Gasteiger partial charge is 0.481 e. The minimum atomic E-state index is -0.283. The monoisotopic (exact) mass is 327 g/mol. The van der Waals surface area contributed by atoms with Crippen molar-refractivity contribution in [2.75, 3.05) is 30.4 Å². The Labute approximate surface area is 141 Å². The number of methoxy groups -OCH3 is 1. The van der Waals surface area contributed by atoms with Crippen molar-refractivity contribution in [3.63, 3.8) is 0 Å². The van der Waals surface area contributed by atoms with E-state index in [2.05, 4.69) is 25.5 Å². The van der Waals surface area contributed by atoms with E-state index in [4.69, 9.17) is 4.74 Å². The molecule has 7 nitrogen and oxygen atoms in total. The molecule has 126 valence electrons. The number of urea groups is 1. The van der Waals surface area contributed by atoms with Crippen LogP contribution in [-0.4, -0.2) is 36.2 Å². The van der Waals surface area contributed by atoms with Gasteiger partial charge in [-0.15, -0.1) is 0 Å². The van der Waals surface area contributed by atoms with E-state index in [-0.39, 0.29) is 6.03 Å². The molecule has 0 aliphatic carbocycles. The molecule has 24 heavy (non-hydrogen) atoms. The molecule has 2 N–H and O–H groups in total. The predicted molar refractivity (Wildman–Crippen MR) is 92.3 cm³/mol. The first-order chi connectivity index (χ1) is 11.8. The van der Waals surface area contributed by atoms with Crippen molar-refractivity contribution in [2.45, 2.75) is 19.4 Å². The molecular weight excluding hydrogens is 306 g/mol. The van der Waals surface area contributed by atoms with Crippen molar-refractivity contribution in [3.8, 4) is 5.88 Å². The summed E-state index contributed by atoms with van der Waals surface area (Å²) in [4.78, 5) is 22.9. The normalized spacial score (nSPS) is 13.6. The summed E-state index contributed by atoms with van der Waals surface area (Å²) in [5.74, 6) is 1.33. The minimum Gasteiger partial charge on any atom is -0.481 e. The van der Waals surface area contributed by atoms with Crippen molar-refractivity contribution in [2.24, 2.45) is 0 Å². The van der Waals surface area contributed by atoms with E-state index >= 15 is 0 Å². The van der Waals surface area contributed by atoms with Gasteiger partial charge in [0.2, 0.25) is 5.88 Å². The number of nitrogens with zero attached hydrogens (tertiary/aromatic N) is 3. The summed E-state index contributed by atoms with van der Waals surface area (Å²) in [5.41, 5.74) is 1.54. The SMILES string of the molecule is COc1ncccc1CNC(=O)Nc1cccnc1N1CCCC1. The third-order valence-electron chi connectivity index (χ3n) is 3.92. The molecule has 0 unspecified atom stereocenters. The average molecular weight is 327 g/mol. The summed E-state index contributed by atoms with van der Waals surface area (Å²) in [7, 11) is 1.56. The molecule has 1 aliphatic rings. The van der Waals surface area contributed by atoms with Gasteiger partial charge in [-0.05, 0) is 31.0 Å². The zero-order valence-electron chi connectivity index (χ0n) is 13.7. The molecule has 3 heterocycles. The number of nitrogens with one attached hydrogen (secondary N) is 2. The lowest BCUT2D eigenvalue weighted by Gasteiger charge is -2.20. The molecule has 1 saturated heterocycles. The molecule has 3 rings (SSSR count). The van der Waals surface area contributed by atoms with Crippen LogP contribution in [0.2, 0.25) is 0 Å². The number of aromatic nitrogens is 2. The summed E-state index contributed by atoms with van der Waals surface area (Å²) in [6.45, 7) is 2.28. The highest BCUT2D eigenvalue weighted by atomic mass is 16.5. The van der Waals surface area contributed by atoms with Crippen LogP contribution in [-0.2, 0) is 6.54 Å². The maximum atomic E-state index is 12.2. The van der Waals surface area contributed by atoms with Crippen LogP contribution >= 0.6 is 0 Å². The van der Waals surface area contributed by atoms with Crippen LogP contribution in [0.25, 0.3) is 0 Å². The van der Waals surface area contributed by atoms with Gasteiger partial charge in [-0.2, -0.15) is 0 Å². The summed E-state index contributed by atoms with van der Waals surface area (Å²) in [6, 6.07) is 7.08. The van der Waals surface area contributed by atoms with Gasteiger partial charge in [0.25, 0.3) is 0 Å². The van der Waals surface area contributed by atoms with E-state index in [1.807, 2.05) is 24.3 Å². The van der Waals surface area contributed by atoms with E-state index in [1.165, 1.54) is 0 Å². The molecule has 0 aromatic carbocycles. The molecular formula is C17H21N5O2. The number of amides is 2. The predicted octanol–water partition coefficient (Wildman–Crippen LogP) is 2.41. The lowest BCUT2D eigenvalue weighted by Crippen LogP contribution is -2.30. The number of hydrogen-bond acceptors (Lipinski definition) is 5. The lowest BCUT2D eigenvalue weighted by atomic mass is 10.2. The number of anilines is 2. The first kappa shape index (κ1) is 16.0. The first-order valence-corrected chi connectivity index (χ1v) is 8.00. The van der Waals surface area contributed by atoms with Gasteiger partial charge in [-0.3, -0.25) is 0 Å². The van der Waals surface area contributed by atoms with Crippen LogP contribution in [0.15, 0.2) is 36.7 Å². The number of hydrogen-bond donors (Lipinski definition) is 2. The zero-order valence-corrected chi connectivity index (χ0v) is 13.7. The molecule has 0 atom stereocenters. The van der Waals surface area contributed by atoms with Crippen LogP contribution in [0.3, 0.4) is 0 Å². The van der Waals surface area contributed by atoms with Gasteiger partial charge in [0, 0.05) is 37.6 Å². The van der Waals surface area contributed by atoms with Crippen molar-refractivity contribution >= 4 is 17.5 Å². The second kappa shape index (κ2) is 7.63. The molecule has 1 aliphatic heterocycles. The molecule has 2 aromatic rings. The smallest absolute Gasteiger partial charge is 0.319 e. The van der Waals surface area contributed by atoms with Gasteiger partial charge in [0.1, 0.15) is 0 Å². The lowest BCUT2D eigenvalue weighted by molar-refractivity contribution is 0.251. The molecule has 0 saturated carbocycles. The Bertz CT molecular complexity index is 701. The second-order valence-electron chi connectivity index (χ2n) is 5.55. The fraction of sp³-hybridized carbons (Fsp3) is 0.353. The summed E-state index contributed by atoms with van der Waals surface area (Å²) < 4.78 is 5.18. The Morgan fingerprint density at radius 3 is 2.75 bits per heavy atom. The number of ether oxygens (including phenoxy) is 1. The summed E-state index contributed by atoms with van der Waals surface area (Å²) >= 11 is 0. The second-order valence-corrected chi connectivity index (χ2v) is 5.55. The highest BCUT2D eigenvalue weighted by Gasteiger charge is 2.18. The maximum absolute atomic E-state index is 12.2. The Balaban J connectivity index is 1.63. The highest BCUT2D eigenvalue weighted by Crippen LogP contribution is 2.26. The van der Waals surface area contributed by atoms with Crippen LogP contribution in [0, 0.1) is 0 Å². The van der Waals surface area contributed by atoms with Crippen molar-refractivity contribution < 1.29 is 9.53 Å². The van der Waals surface area contributed by atoms with E-state index < -0.39 is 0 Å². The number of carbonyl (C=O) groups excluding carboxylic acids is 1. The average Bonchev–Trinajstić information content (AvgIpc) is 3.15. The van der Waals surface area contributed by atoms with Crippen molar-refractivity contribution in [3.05, 3.63) is 42.2 Å². The molecule has 1 fully saturated rings. The molecule has 2 aromatic heterocycles. The summed E-state index contributed by atoms with van der Waals surface area (Å²) in [5, 5.41) is 5.70. The number of carbonyl (C=O) groups is 1. The van der Waals surface area contributed by atoms with E-state index in [9.17, 15) is 4.79 Å². The topological polar surface area (TPSA) is 79.4 Å². The van der Waals surface area contributed by atoms with Crippen LogP contribution in [0.4, 0.5) is 16.3 Å². The quantitative estimate of drug-likeness (QED) is 0.881. The highest BCUT2D eigenvalue weighted by molar-refractivity contribution is 5.92. The fourth-order valence-corrected chi connectivity index (χ4v) is 2.76. The Kier molecular flexibility index (Phi) is 5.10. The van der Waals surface area contributed by atoms with E-state index in [1.54, 1.807) is 19.5 Å². The molecule has 7 heteroatoms. The van der Waals surface area contributed by atoms with Crippen LogP contribution in [0.5, 0.6) is 5.88 Å². The molecule has 0 spiro atoms. The minimum absolute atomic E-state index is 0.283. The third kappa shape index (κ3) is 3.73.